The molecule has 4 nitrogen and oxygen atoms in total. The van der Waals surface area contributed by atoms with Crippen molar-refractivity contribution >= 4 is 57.4 Å². The molecule has 0 aliphatic carbocycles. The summed E-state index contributed by atoms with van der Waals surface area (Å²) in [5.41, 5.74) is 0. The molecule has 0 spiro atoms. The number of hydrogen-bond donors (Lipinski definition) is 0. The van der Waals surface area contributed by atoms with Crippen molar-refractivity contribution in [1.29, 1.82) is 0 Å². The van der Waals surface area contributed by atoms with Gasteiger partial charge in [-0.2, -0.15) is 0 Å². The van der Waals surface area contributed by atoms with Crippen LogP contribution in [0, 0.1) is 0 Å². The molecule has 0 aromatic rings. The van der Waals surface area contributed by atoms with E-state index in [0.29, 0.717) is 0 Å². The van der Waals surface area contributed by atoms with E-state index in [2.05, 4.69) is 20.7 Å². The van der Waals surface area contributed by atoms with Gasteiger partial charge in [0.25, 0.3) is 0 Å². The van der Waals surface area contributed by atoms with E-state index in [1.807, 2.05) is 0 Å². The Labute approximate surface area is 79.6 Å². The topological polar surface area (TPSA) is 58.6 Å². The standard InChI is InChI=1S/Ca.ClFHO4P/c;1-5-7(3,4)6-2/h;(H,3,4)/q+2;/p-1. The summed E-state index contributed by atoms with van der Waals surface area (Å²) in [5.74, 6) is 0. The molecule has 0 radical (unpaired) electrons. The zero-order chi connectivity index (χ0) is 5.91. The molecule has 1 atom stereocenters. The minimum Gasteiger partial charge on any atom is -0.753 e. The van der Waals surface area contributed by atoms with Gasteiger partial charge in [0.1, 0.15) is 0 Å². The Kier molecular flexibility index (Phi) is 8.26. The van der Waals surface area contributed by atoms with Gasteiger partial charge in [0.05, 0.1) is 11.9 Å². The molecule has 0 heterocycles. The van der Waals surface area contributed by atoms with Crippen molar-refractivity contribution in [3.63, 3.8) is 0 Å². The minimum absolute atomic E-state index is 0. The first-order valence-corrected chi connectivity index (χ1v) is 2.81. The van der Waals surface area contributed by atoms with Crippen LogP contribution in [0.3, 0.4) is 0 Å². The SMILES string of the molecule is O=P([O-])(OF)OCl.[Ca+2]. The summed E-state index contributed by atoms with van der Waals surface area (Å²) in [4.78, 5) is 9.44. The van der Waals surface area contributed by atoms with E-state index in [1.165, 1.54) is 0 Å². The number of hydrogen-bond acceptors (Lipinski definition) is 4. The molecule has 0 fully saturated rings. The second kappa shape index (κ2) is 5.38. The Morgan fingerprint density at radius 1 is 1.75 bits per heavy atom. The van der Waals surface area contributed by atoms with Crippen LogP contribution in [0.25, 0.3) is 0 Å². The fourth-order valence-corrected chi connectivity index (χ4v) is 0.0958. The fraction of sp³-hybridized carbons (Fsp3) is 0. The zero-order valence-electron chi connectivity index (χ0n) is 3.54. The summed E-state index contributed by atoms with van der Waals surface area (Å²) >= 11 is 4.15. The fourth-order valence-electron chi connectivity index (χ4n) is 0.0106. The summed E-state index contributed by atoms with van der Waals surface area (Å²) < 4.78 is 25.1. The van der Waals surface area contributed by atoms with Gasteiger partial charge in [0.2, 0.25) is 0 Å². The molecule has 0 bridgehead atoms. The van der Waals surface area contributed by atoms with Crippen molar-refractivity contribution in [3.8, 4) is 0 Å². The van der Waals surface area contributed by atoms with Crippen LogP contribution in [-0.4, -0.2) is 37.7 Å². The van der Waals surface area contributed by atoms with Crippen LogP contribution in [0.5, 0.6) is 0 Å². The van der Waals surface area contributed by atoms with E-state index in [0.717, 1.165) is 0 Å². The van der Waals surface area contributed by atoms with Gasteiger partial charge < -0.3 is 4.89 Å². The van der Waals surface area contributed by atoms with Crippen molar-refractivity contribution in [2.24, 2.45) is 0 Å². The molecule has 0 saturated heterocycles. The van der Waals surface area contributed by atoms with E-state index in [9.17, 15) is 14.0 Å². The van der Waals surface area contributed by atoms with Crippen LogP contribution in [0.1, 0.15) is 0 Å². The second-order valence-electron chi connectivity index (χ2n) is 0.585. The molecule has 0 aliphatic rings. The van der Waals surface area contributed by atoms with E-state index >= 15 is 0 Å². The molecular weight excluding hydrogens is 189 g/mol. The van der Waals surface area contributed by atoms with E-state index in [4.69, 9.17) is 0 Å². The van der Waals surface area contributed by atoms with Gasteiger partial charge in [-0.15, -0.1) is 4.73 Å². The second-order valence-corrected chi connectivity index (χ2v) is 2.17. The average molecular weight is 189 g/mol. The molecule has 8 heavy (non-hydrogen) atoms. The maximum Gasteiger partial charge on any atom is 2.00 e. The third kappa shape index (κ3) is 5.72. The third-order valence-electron chi connectivity index (χ3n) is 0.169. The van der Waals surface area contributed by atoms with Crippen LogP contribution < -0.4 is 4.89 Å². The predicted octanol–water partition coefficient (Wildman–Crippen LogP) is 0.145. The zero-order valence-corrected chi connectivity index (χ0v) is 7.40. The van der Waals surface area contributed by atoms with Crippen molar-refractivity contribution in [1.82, 2.24) is 0 Å². The van der Waals surface area contributed by atoms with Crippen molar-refractivity contribution in [2.45, 2.75) is 0 Å². The molecule has 8 heteroatoms. The summed E-state index contributed by atoms with van der Waals surface area (Å²) in [7, 11) is -4.81. The maximum absolute atomic E-state index is 10.5. The maximum atomic E-state index is 10.5. The number of rotatable bonds is 2. The van der Waals surface area contributed by atoms with Gasteiger partial charge in [0, 0.05) is 0 Å². The molecule has 1 unspecified atom stereocenters. The predicted molar refractivity (Wildman–Crippen MR) is 22.5 cm³/mol. The Hall–Kier alpha value is 1.59. The molecule has 0 saturated carbocycles. The van der Waals surface area contributed by atoms with E-state index < -0.39 is 7.82 Å². The van der Waals surface area contributed by atoms with Crippen molar-refractivity contribution < 1.29 is 22.8 Å². The van der Waals surface area contributed by atoms with E-state index in [-0.39, 0.29) is 37.7 Å². The average Bonchev–Trinajstić information content (AvgIpc) is 1.68. The molecule has 0 aromatic carbocycles. The molecule has 0 amide bonds. The Morgan fingerprint density at radius 2 is 2.12 bits per heavy atom. The van der Waals surface area contributed by atoms with Crippen molar-refractivity contribution in [3.05, 3.63) is 0 Å². The number of phosphoric acid groups is 1. The molecule has 0 aromatic heterocycles. The number of halogens is 2. The molecule has 0 rings (SSSR count). The molecule has 0 aliphatic heterocycles. The van der Waals surface area contributed by atoms with Gasteiger partial charge in [0.15, 0.2) is 0 Å². The first-order valence-electron chi connectivity index (χ1n) is 1.04. The Balaban J connectivity index is 0. The molecule has 0 N–H and O–H groups in total. The van der Waals surface area contributed by atoms with Gasteiger partial charge in [-0.25, -0.2) is 4.08 Å². The van der Waals surface area contributed by atoms with Crippen LogP contribution in [-0.2, 0) is 13.4 Å². The minimum atomic E-state index is -4.81. The quantitative estimate of drug-likeness (QED) is 0.458. The third-order valence-corrected chi connectivity index (χ3v) is 1.01. The van der Waals surface area contributed by atoms with Gasteiger partial charge in [-0.3, -0.25) is 4.57 Å². The van der Waals surface area contributed by atoms with E-state index in [1.54, 1.807) is 0 Å². The molecular formula is CaClFO4P+. The largest absolute Gasteiger partial charge is 2.00 e. The Morgan fingerprint density at radius 3 is 2.12 bits per heavy atom. The molecule has 44 valence electrons. The summed E-state index contributed by atoms with van der Waals surface area (Å²) in [6.45, 7) is 0. The monoisotopic (exact) mass is 189 g/mol. The van der Waals surface area contributed by atoms with Gasteiger partial charge in [-0.1, -0.05) is 0 Å². The first kappa shape index (κ1) is 12.3. The van der Waals surface area contributed by atoms with Gasteiger partial charge in [-0.05, 0) is 4.53 Å². The van der Waals surface area contributed by atoms with Crippen molar-refractivity contribution in [2.75, 3.05) is 0 Å². The van der Waals surface area contributed by atoms with Crippen LogP contribution in [0.4, 0.5) is 4.53 Å². The summed E-state index contributed by atoms with van der Waals surface area (Å²) in [6, 6.07) is 0. The van der Waals surface area contributed by atoms with Crippen LogP contribution in [0.2, 0.25) is 0 Å². The Bertz CT molecular complexity index is 88.0. The van der Waals surface area contributed by atoms with Gasteiger partial charge >= 0.3 is 45.6 Å². The van der Waals surface area contributed by atoms with Crippen LogP contribution >= 0.6 is 19.7 Å². The summed E-state index contributed by atoms with van der Waals surface area (Å²) in [5, 5.41) is 0. The summed E-state index contributed by atoms with van der Waals surface area (Å²) in [6.07, 6.45) is 0. The smallest absolute Gasteiger partial charge is 0.753 e. The normalized spacial score (nSPS) is 16.4. The van der Waals surface area contributed by atoms with Crippen LogP contribution in [0.15, 0.2) is 0 Å². The first-order chi connectivity index (χ1) is 3.12.